The van der Waals surface area contributed by atoms with Gasteiger partial charge in [-0.3, -0.25) is 13.9 Å². The van der Waals surface area contributed by atoms with Gasteiger partial charge in [-0.15, -0.1) is 0 Å². The molecule has 0 fully saturated rings. The maximum Gasteiger partial charge on any atom is 0.264 e. The van der Waals surface area contributed by atoms with Gasteiger partial charge in [-0.1, -0.05) is 24.3 Å². The molecule has 0 saturated heterocycles. The van der Waals surface area contributed by atoms with E-state index in [-0.39, 0.29) is 16.4 Å². The standard InChI is InChI=1S/C24H23N3O5S/c1-16(28)25-21-11-10-19(32-2)15-22(21)26-24(29)18-7-5-8-20(14-18)33(30,31)27-13-12-17-6-3-4-9-23(17)27/h3-11,14-15H,12-13H2,1-2H3,(H,25,28)(H,26,29). The van der Waals surface area contributed by atoms with Gasteiger partial charge in [-0.25, -0.2) is 8.42 Å². The van der Waals surface area contributed by atoms with Crippen molar-refractivity contribution in [1.29, 1.82) is 0 Å². The molecular formula is C24H23N3O5S. The van der Waals surface area contributed by atoms with Crippen LogP contribution in [0.25, 0.3) is 0 Å². The fourth-order valence-electron chi connectivity index (χ4n) is 3.73. The fourth-order valence-corrected chi connectivity index (χ4v) is 5.28. The zero-order chi connectivity index (χ0) is 23.6. The molecule has 3 aromatic carbocycles. The zero-order valence-corrected chi connectivity index (χ0v) is 19.0. The molecule has 0 atom stereocenters. The Morgan fingerprint density at radius 1 is 0.939 bits per heavy atom. The molecule has 0 aromatic heterocycles. The summed E-state index contributed by atoms with van der Waals surface area (Å²) in [5.41, 5.74) is 2.52. The van der Waals surface area contributed by atoms with Crippen LogP contribution in [0.2, 0.25) is 0 Å². The summed E-state index contributed by atoms with van der Waals surface area (Å²) >= 11 is 0. The molecular weight excluding hydrogens is 442 g/mol. The number of amides is 2. The topological polar surface area (TPSA) is 105 Å². The van der Waals surface area contributed by atoms with Gasteiger partial charge in [-0.2, -0.15) is 0 Å². The van der Waals surface area contributed by atoms with Gasteiger partial charge in [0.05, 0.1) is 29.1 Å². The number of ether oxygens (including phenoxy) is 1. The molecule has 2 N–H and O–H groups in total. The number of nitrogens with zero attached hydrogens (tertiary/aromatic N) is 1. The molecule has 0 bridgehead atoms. The van der Waals surface area contributed by atoms with E-state index in [4.69, 9.17) is 4.74 Å². The highest BCUT2D eigenvalue weighted by molar-refractivity contribution is 7.92. The van der Waals surface area contributed by atoms with Crippen molar-refractivity contribution in [1.82, 2.24) is 0 Å². The summed E-state index contributed by atoms with van der Waals surface area (Å²) in [6.07, 6.45) is 0.636. The van der Waals surface area contributed by atoms with Crippen molar-refractivity contribution in [2.75, 3.05) is 28.6 Å². The molecule has 1 aliphatic rings. The van der Waals surface area contributed by atoms with Crippen LogP contribution in [-0.4, -0.2) is 33.9 Å². The first kappa shape index (κ1) is 22.3. The van der Waals surface area contributed by atoms with E-state index in [1.807, 2.05) is 12.1 Å². The predicted molar refractivity (Wildman–Crippen MR) is 126 cm³/mol. The molecule has 8 nitrogen and oxygen atoms in total. The molecule has 0 aliphatic carbocycles. The van der Waals surface area contributed by atoms with Gasteiger partial charge in [0.15, 0.2) is 0 Å². The van der Waals surface area contributed by atoms with Crippen LogP contribution in [0.3, 0.4) is 0 Å². The van der Waals surface area contributed by atoms with E-state index in [9.17, 15) is 18.0 Å². The number of rotatable bonds is 6. The molecule has 2 amide bonds. The van der Waals surface area contributed by atoms with Crippen LogP contribution >= 0.6 is 0 Å². The summed E-state index contributed by atoms with van der Waals surface area (Å²) in [5.74, 6) is -0.327. The Labute approximate surface area is 192 Å². The van der Waals surface area contributed by atoms with Crippen LogP contribution in [0.4, 0.5) is 17.1 Å². The lowest BCUT2D eigenvalue weighted by Crippen LogP contribution is -2.29. The number of hydrogen-bond acceptors (Lipinski definition) is 5. The Balaban J connectivity index is 1.63. The van der Waals surface area contributed by atoms with E-state index in [1.54, 1.807) is 30.3 Å². The number of carbonyl (C=O) groups excluding carboxylic acids is 2. The third kappa shape index (κ3) is 4.54. The van der Waals surface area contributed by atoms with Crippen LogP contribution in [0.5, 0.6) is 5.75 Å². The Bertz CT molecular complexity index is 1340. The van der Waals surface area contributed by atoms with Crippen molar-refractivity contribution < 1.29 is 22.7 Å². The number of fused-ring (bicyclic) bond motifs is 1. The van der Waals surface area contributed by atoms with E-state index in [0.717, 1.165) is 5.56 Å². The molecule has 170 valence electrons. The maximum absolute atomic E-state index is 13.3. The highest BCUT2D eigenvalue weighted by Gasteiger charge is 2.31. The van der Waals surface area contributed by atoms with Crippen LogP contribution in [0, 0.1) is 0 Å². The number of benzene rings is 3. The van der Waals surface area contributed by atoms with Crippen molar-refractivity contribution >= 4 is 38.9 Å². The number of nitrogens with one attached hydrogen (secondary N) is 2. The molecule has 1 aliphatic heterocycles. The van der Waals surface area contributed by atoms with E-state index in [0.29, 0.717) is 35.8 Å². The lowest BCUT2D eigenvalue weighted by molar-refractivity contribution is -0.114. The summed E-state index contributed by atoms with van der Waals surface area (Å²) in [7, 11) is -2.35. The first-order valence-electron chi connectivity index (χ1n) is 10.3. The quantitative estimate of drug-likeness (QED) is 0.578. The first-order valence-corrected chi connectivity index (χ1v) is 11.7. The number of para-hydroxylation sites is 1. The van der Waals surface area contributed by atoms with E-state index in [1.165, 1.54) is 42.6 Å². The number of anilines is 3. The molecule has 3 aromatic rings. The zero-order valence-electron chi connectivity index (χ0n) is 18.2. The second-order valence-corrected chi connectivity index (χ2v) is 9.39. The Kier molecular flexibility index (Phi) is 6.06. The van der Waals surface area contributed by atoms with Gasteiger partial charge in [0, 0.05) is 25.1 Å². The second kappa shape index (κ2) is 8.95. The SMILES string of the molecule is COc1ccc(NC(C)=O)c(NC(=O)c2cccc(S(=O)(=O)N3CCc4ccccc43)c2)c1. The van der Waals surface area contributed by atoms with Gasteiger partial charge >= 0.3 is 0 Å². The minimum absolute atomic E-state index is 0.0274. The van der Waals surface area contributed by atoms with Crippen LogP contribution < -0.4 is 19.7 Å². The molecule has 0 saturated carbocycles. The summed E-state index contributed by atoms with van der Waals surface area (Å²) in [5, 5.41) is 5.38. The van der Waals surface area contributed by atoms with Crippen LogP contribution in [0.15, 0.2) is 71.6 Å². The first-order chi connectivity index (χ1) is 15.8. The average molecular weight is 466 g/mol. The molecule has 0 spiro atoms. The summed E-state index contributed by atoms with van der Waals surface area (Å²) in [6.45, 7) is 1.71. The lowest BCUT2D eigenvalue weighted by Gasteiger charge is -2.20. The Morgan fingerprint density at radius 2 is 1.73 bits per heavy atom. The third-order valence-corrected chi connectivity index (χ3v) is 7.12. The summed E-state index contributed by atoms with van der Waals surface area (Å²) in [4.78, 5) is 24.5. The van der Waals surface area contributed by atoms with Gasteiger partial charge in [0.2, 0.25) is 5.91 Å². The predicted octanol–water partition coefficient (Wildman–Crippen LogP) is 3.66. The van der Waals surface area contributed by atoms with E-state index >= 15 is 0 Å². The molecule has 0 radical (unpaired) electrons. The van der Waals surface area contributed by atoms with Gasteiger partial charge in [0.1, 0.15) is 5.75 Å². The minimum atomic E-state index is -3.84. The van der Waals surface area contributed by atoms with Crippen LogP contribution in [-0.2, 0) is 21.2 Å². The smallest absolute Gasteiger partial charge is 0.264 e. The number of carbonyl (C=O) groups is 2. The normalized spacial score (nSPS) is 12.7. The van der Waals surface area contributed by atoms with Gasteiger partial charge in [0.25, 0.3) is 15.9 Å². The highest BCUT2D eigenvalue weighted by atomic mass is 32.2. The van der Waals surface area contributed by atoms with Crippen molar-refractivity contribution in [2.24, 2.45) is 0 Å². The fraction of sp³-hybridized carbons (Fsp3) is 0.167. The molecule has 4 rings (SSSR count). The van der Waals surface area contributed by atoms with Crippen LogP contribution in [0.1, 0.15) is 22.8 Å². The maximum atomic E-state index is 13.3. The minimum Gasteiger partial charge on any atom is -0.497 e. The third-order valence-electron chi connectivity index (χ3n) is 5.31. The Morgan fingerprint density at radius 3 is 2.48 bits per heavy atom. The van der Waals surface area contributed by atoms with Gasteiger partial charge < -0.3 is 15.4 Å². The monoisotopic (exact) mass is 465 g/mol. The number of hydrogen-bond donors (Lipinski definition) is 2. The van der Waals surface area contributed by atoms with Gasteiger partial charge in [-0.05, 0) is 48.4 Å². The van der Waals surface area contributed by atoms with E-state index in [2.05, 4.69) is 10.6 Å². The largest absolute Gasteiger partial charge is 0.497 e. The highest BCUT2D eigenvalue weighted by Crippen LogP contribution is 2.33. The van der Waals surface area contributed by atoms with Crippen molar-refractivity contribution in [3.05, 3.63) is 77.9 Å². The molecule has 1 heterocycles. The molecule has 0 unspecified atom stereocenters. The van der Waals surface area contributed by atoms with Crippen molar-refractivity contribution in [3.63, 3.8) is 0 Å². The van der Waals surface area contributed by atoms with Crippen molar-refractivity contribution in [3.8, 4) is 5.75 Å². The Hall–Kier alpha value is -3.85. The van der Waals surface area contributed by atoms with Crippen molar-refractivity contribution in [2.45, 2.75) is 18.2 Å². The molecule has 9 heteroatoms. The molecule has 33 heavy (non-hydrogen) atoms. The summed E-state index contributed by atoms with van der Waals surface area (Å²) in [6, 6.07) is 18.1. The lowest BCUT2D eigenvalue weighted by atomic mass is 10.2. The van der Waals surface area contributed by atoms with E-state index < -0.39 is 15.9 Å². The number of methoxy groups -OCH3 is 1. The number of sulfonamides is 1. The average Bonchev–Trinajstić information content (AvgIpc) is 3.25. The second-order valence-electron chi connectivity index (χ2n) is 7.53. The summed E-state index contributed by atoms with van der Waals surface area (Å²) < 4.78 is 33.2.